The molecular formula is C18H20N2O5. The summed E-state index contributed by atoms with van der Waals surface area (Å²) in [5.74, 6) is -2.17. The lowest BCUT2D eigenvalue weighted by atomic mass is 9.81. The largest absolute Gasteiger partial charge is 0.465 e. The maximum absolute atomic E-state index is 12.4. The minimum absolute atomic E-state index is 0.214. The molecule has 0 aromatic heterocycles. The second kappa shape index (κ2) is 7.04. The van der Waals surface area contributed by atoms with Gasteiger partial charge in [-0.25, -0.2) is 4.79 Å². The molecule has 1 aromatic carbocycles. The first-order chi connectivity index (χ1) is 12.0. The molecule has 0 radical (unpaired) electrons. The van der Waals surface area contributed by atoms with Gasteiger partial charge in [0.25, 0.3) is 0 Å². The van der Waals surface area contributed by atoms with Gasteiger partial charge in [-0.15, -0.1) is 0 Å². The second-order valence-corrected chi connectivity index (χ2v) is 6.35. The van der Waals surface area contributed by atoms with E-state index < -0.39 is 11.9 Å². The van der Waals surface area contributed by atoms with Gasteiger partial charge < -0.3 is 10.1 Å². The first-order valence-electron chi connectivity index (χ1n) is 8.35. The van der Waals surface area contributed by atoms with E-state index in [1.807, 2.05) is 0 Å². The number of para-hydroxylation sites is 1. The van der Waals surface area contributed by atoms with Gasteiger partial charge in [-0.2, -0.15) is 0 Å². The Balaban J connectivity index is 1.70. The summed E-state index contributed by atoms with van der Waals surface area (Å²) in [5, 5.41) is 2.59. The van der Waals surface area contributed by atoms with Crippen molar-refractivity contribution in [1.82, 2.24) is 4.90 Å². The molecule has 1 saturated heterocycles. The average molecular weight is 344 g/mol. The van der Waals surface area contributed by atoms with E-state index in [0.29, 0.717) is 12.8 Å². The van der Waals surface area contributed by atoms with Crippen LogP contribution in [0, 0.1) is 11.8 Å². The molecule has 0 spiro atoms. The van der Waals surface area contributed by atoms with Crippen LogP contribution in [0.2, 0.25) is 0 Å². The summed E-state index contributed by atoms with van der Waals surface area (Å²) < 4.78 is 4.68. The number of rotatable bonds is 4. The predicted molar refractivity (Wildman–Crippen MR) is 88.6 cm³/mol. The third-order valence-electron chi connectivity index (χ3n) is 4.84. The number of imide groups is 1. The highest BCUT2D eigenvalue weighted by Crippen LogP contribution is 2.37. The number of hydrogen-bond donors (Lipinski definition) is 1. The summed E-state index contributed by atoms with van der Waals surface area (Å²) in [7, 11) is 1.25. The van der Waals surface area contributed by atoms with E-state index in [1.165, 1.54) is 13.2 Å². The molecule has 3 rings (SSSR count). The molecule has 1 N–H and O–H groups in total. The van der Waals surface area contributed by atoms with Crippen molar-refractivity contribution in [2.45, 2.75) is 25.7 Å². The number of amides is 3. The standard InChI is InChI=1S/C18H20N2O5/c1-25-18(24)13-8-4-5-9-14(13)19-15(21)10-20-16(22)11-6-2-3-7-12(11)17(20)23/h4-5,8-9,11-12H,2-3,6-7,10H2,1H3,(H,19,21). The maximum Gasteiger partial charge on any atom is 0.339 e. The summed E-state index contributed by atoms with van der Waals surface area (Å²) in [6.07, 6.45) is 3.29. The molecule has 132 valence electrons. The molecule has 1 aliphatic carbocycles. The fourth-order valence-corrected chi connectivity index (χ4v) is 3.60. The smallest absolute Gasteiger partial charge is 0.339 e. The van der Waals surface area contributed by atoms with E-state index >= 15 is 0 Å². The Kier molecular flexibility index (Phi) is 4.83. The number of ether oxygens (including phenoxy) is 1. The molecule has 1 saturated carbocycles. The van der Waals surface area contributed by atoms with E-state index in [0.717, 1.165) is 17.7 Å². The zero-order valence-corrected chi connectivity index (χ0v) is 14.0. The lowest BCUT2D eigenvalue weighted by Gasteiger charge is -2.19. The van der Waals surface area contributed by atoms with Crippen LogP contribution >= 0.6 is 0 Å². The number of nitrogens with one attached hydrogen (secondary N) is 1. The number of hydrogen-bond acceptors (Lipinski definition) is 5. The van der Waals surface area contributed by atoms with Crippen molar-refractivity contribution >= 4 is 29.4 Å². The van der Waals surface area contributed by atoms with Crippen molar-refractivity contribution in [2.75, 3.05) is 19.0 Å². The van der Waals surface area contributed by atoms with Crippen LogP contribution in [-0.4, -0.2) is 42.2 Å². The van der Waals surface area contributed by atoms with Gasteiger partial charge in [-0.1, -0.05) is 25.0 Å². The van der Waals surface area contributed by atoms with Crippen molar-refractivity contribution in [3.63, 3.8) is 0 Å². The van der Waals surface area contributed by atoms with Gasteiger partial charge in [0.15, 0.2) is 0 Å². The molecule has 7 nitrogen and oxygen atoms in total. The Morgan fingerprint density at radius 3 is 2.32 bits per heavy atom. The highest BCUT2D eigenvalue weighted by atomic mass is 16.5. The van der Waals surface area contributed by atoms with Crippen LogP contribution in [-0.2, 0) is 19.1 Å². The molecule has 3 amide bonds. The second-order valence-electron chi connectivity index (χ2n) is 6.35. The number of carbonyl (C=O) groups excluding carboxylic acids is 4. The highest BCUT2D eigenvalue weighted by Gasteiger charge is 2.48. The molecule has 7 heteroatoms. The lowest BCUT2D eigenvalue weighted by molar-refractivity contribution is -0.142. The van der Waals surface area contributed by atoms with Crippen LogP contribution in [0.1, 0.15) is 36.0 Å². The van der Waals surface area contributed by atoms with Crippen LogP contribution in [0.15, 0.2) is 24.3 Å². The molecule has 1 aliphatic heterocycles. The van der Waals surface area contributed by atoms with Crippen molar-refractivity contribution in [3.05, 3.63) is 29.8 Å². The Hall–Kier alpha value is -2.70. The summed E-state index contributed by atoms with van der Waals surface area (Å²) in [5.41, 5.74) is 0.502. The first-order valence-corrected chi connectivity index (χ1v) is 8.35. The molecule has 2 unspecified atom stereocenters. The third kappa shape index (κ3) is 3.26. The molecule has 1 heterocycles. The van der Waals surface area contributed by atoms with Crippen molar-refractivity contribution < 1.29 is 23.9 Å². The molecule has 2 aliphatic rings. The van der Waals surface area contributed by atoms with Crippen molar-refractivity contribution in [2.24, 2.45) is 11.8 Å². The van der Waals surface area contributed by atoms with Gasteiger partial charge in [0.05, 0.1) is 30.2 Å². The van der Waals surface area contributed by atoms with Crippen LogP contribution < -0.4 is 5.32 Å². The van der Waals surface area contributed by atoms with Gasteiger partial charge in [0.1, 0.15) is 6.54 Å². The first kappa shape index (κ1) is 17.1. The van der Waals surface area contributed by atoms with Gasteiger partial charge >= 0.3 is 5.97 Å². The summed E-state index contributed by atoms with van der Waals surface area (Å²) >= 11 is 0. The number of esters is 1. The number of benzene rings is 1. The minimum atomic E-state index is -0.574. The average Bonchev–Trinajstić information content (AvgIpc) is 2.87. The third-order valence-corrected chi connectivity index (χ3v) is 4.84. The van der Waals surface area contributed by atoms with Gasteiger partial charge in [-0.3, -0.25) is 19.3 Å². The normalized spacial score (nSPS) is 22.5. The summed E-state index contributed by atoms with van der Waals surface area (Å²) in [6.45, 7) is -0.333. The fraction of sp³-hybridized carbons (Fsp3) is 0.444. The molecule has 2 fully saturated rings. The minimum Gasteiger partial charge on any atom is -0.465 e. The Labute approximate surface area is 145 Å². The van der Waals surface area contributed by atoms with Crippen LogP contribution in [0.3, 0.4) is 0 Å². The van der Waals surface area contributed by atoms with E-state index in [4.69, 9.17) is 0 Å². The number of carbonyl (C=O) groups is 4. The Bertz CT molecular complexity index is 706. The lowest BCUT2D eigenvalue weighted by Crippen LogP contribution is -2.38. The fourth-order valence-electron chi connectivity index (χ4n) is 3.60. The van der Waals surface area contributed by atoms with Crippen LogP contribution in [0.5, 0.6) is 0 Å². The zero-order chi connectivity index (χ0) is 18.0. The van der Waals surface area contributed by atoms with Crippen molar-refractivity contribution in [1.29, 1.82) is 0 Å². The van der Waals surface area contributed by atoms with E-state index in [1.54, 1.807) is 18.2 Å². The van der Waals surface area contributed by atoms with Crippen molar-refractivity contribution in [3.8, 4) is 0 Å². The number of fused-ring (bicyclic) bond motifs is 1. The monoisotopic (exact) mass is 344 g/mol. The van der Waals surface area contributed by atoms with E-state index in [-0.39, 0.29) is 41.4 Å². The number of likely N-dealkylation sites (tertiary alicyclic amines) is 1. The van der Waals surface area contributed by atoms with Gasteiger partial charge in [0.2, 0.25) is 17.7 Å². The Morgan fingerprint density at radius 2 is 1.72 bits per heavy atom. The number of methoxy groups -OCH3 is 1. The number of nitrogens with zero attached hydrogens (tertiary/aromatic N) is 1. The van der Waals surface area contributed by atoms with Crippen LogP contribution in [0.25, 0.3) is 0 Å². The van der Waals surface area contributed by atoms with E-state index in [9.17, 15) is 19.2 Å². The Morgan fingerprint density at radius 1 is 1.12 bits per heavy atom. The maximum atomic E-state index is 12.4. The molecule has 1 aromatic rings. The molecule has 25 heavy (non-hydrogen) atoms. The molecule has 2 atom stereocenters. The highest BCUT2D eigenvalue weighted by molar-refractivity contribution is 6.09. The van der Waals surface area contributed by atoms with E-state index in [2.05, 4.69) is 10.1 Å². The summed E-state index contributed by atoms with van der Waals surface area (Å²) in [4.78, 5) is 49.9. The molecule has 0 bridgehead atoms. The van der Waals surface area contributed by atoms with Gasteiger partial charge in [0, 0.05) is 0 Å². The SMILES string of the molecule is COC(=O)c1ccccc1NC(=O)CN1C(=O)C2CCCCC2C1=O. The number of anilines is 1. The quantitative estimate of drug-likeness (QED) is 0.661. The molecular weight excluding hydrogens is 324 g/mol. The zero-order valence-electron chi connectivity index (χ0n) is 14.0. The van der Waals surface area contributed by atoms with Gasteiger partial charge in [-0.05, 0) is 25.0 Å². The topological polar surface area (TPSA) is 92.8 Å². The predicted octanol–water partition coefficient (Wildman–Crippen LogP) is 1.59. The van der Waals surface area contributed by atoms with Crippen LogP contribution in [0.4, 0.5) is 5.69 Å². The summed E-state index contributed by atoms with van der Waals surface area (Å²) in [6, 6.07) is 6.42.